The highest BCUT2D eigenvalue weighted by Crippen LogP contribution is 2.35. The molecule has 120 valence electrons. The van der Waals surface area contributed by atoms with Crippen LogP contribution < -0.4 is 0 Å². The number of fused-ring (bicyclic) bond motifs is 1. The highest BCUT2D eigenvalue weighted by atomic mass is 32.1. The fourth-order valence-corrected chi connectivity index (χ4v) is 4.06. The topological polar surface area (TPSA) is 70.5 Å². The van der Waals surface area contributed by atoms with Crippen molar-refractivity contribution in [2.45, 2.75) is 32.7 Å². The molecule has 3 rings (SSSR count). The summed E-state index contributed by atoms with van der Waals surface area (Å²) in [6.07, 6.45) is 1.71. The first-order valence-corrected chi connectivity index (χ1v) is 8.49. The summed E-state index contributed by atoms with van der Waals surface area (Å²) in [6.45, 7) is 4.36. The van der Waals surface area contributed by atoms with E-state index in [1.807, 2.05) is 4.90 Å². The van der Waals surface area contributed by atoms with Crippen LogP contribution in [0.25, 0.3) is 0 Å². The van der Waals surface area contributed by atoms with Crippen molar-refractivity contribution in [1.29, 1.82) is 0 Å². The van der Waals surface area contributed by atoms with Crippen molar-refractivity contribution in [2.75, 3.05) is 6.54 Å². The fourth-order valence-electron chi connectivity index (χ4n) is 3.13. The summed E-state index contributed by atoms with van der Waals surface area (Å²) in [7, 11) is 0. The first-order valence-electron chi connectivity index (χ1n) is 7.61. The second-order valence-corrected chi connectivity index (χ2v) is 6.61. The second-order valence-electron chi connectivity index (χ2n) is 5.61. The monoisotopic (exact) mass is 330 g/mol. The zero-order valence-corrected chi connectivity index (χ0v) is 13.9. The van der Waals surface area contributed by atoms with Gasteiger partial charge in [0.1, 0.15) is 5.69 Å². The molecule has 2 aromatic rings. The van der Waals surface area contributed by atoms with Crippen LogP contribution in [0.2, 0.25) is 0 Å². The number of hydrogen-bond acceptors (Lipinski definition) is 4. The van der Waals surface area contributed by atoms with Crippen LogP contribution >= 0.6 is 11.3 Å². The van der Waals surface area contributed by atoms with Gasteiger partial charge in [0.25, 0.3) is 5.91 Å². The van der Waals surface area contributed by atoms with E-state index >= 15 is 0 Å². The van der Waals surface area contributed by atoms with Gasteiger partial charge in [-0.3, -0.25) is 4.79 Å². The molecular formula is C17H18N2O3S. The molecule has 0 spiro atoms. The van der Waals surface area contributed by atoms with Crippen LogP contribution in [0.4, 0.5) is 0 Å². The Morgan fingerprint density at radius 2 is 2.17 bits per heavy atom. The lowest BCUT2D eigenvalue weighted by atomic mass is 9.97. The number of carbonyl (C=O) groups excluding carboxylic acids is 1. The Kier molecular flexibility index (Phi) is 4.17. The van der Waals surface area contributed by atoms with Crippen LogP contribution in [0.1, 0.15) is 56.4 Å². The smallest absolute Gasteiger partial charge is 0.337 e. The van der Waals surface area contributed by atoms with E-state index in [1.165, 1.54) is 22.6 Å². The van der Waals surface area contributed by atoms with Crippen molar-refractivity contribution in [2.24, 2.45) is 0 Å². The van der Waals surface area contributed by atoms with E-state index in [9.17, 15) is 9.59 Å². The Balaban J connectivity index is 1.91. The van der Waals surface area contributed by atoms with Crippen molar-refractivity contribution >= 4 is 23.2 Å². The zero-order chi connectivity index (χ0) is 16.6. The van der Waals surface area contributed by atoms with Gasteiger partial charge in [0.15, 0.2) is 0 Å². The minimum Gasteiger partial charge on any atom is -0.478 e. The molecular weight excluding hydrogens is 312 g/mol. The molecule has 0 bridgehead atoms. The Hall–Kier alpha value is -2.21. The molecule has 1 amide bonds. The Labute approximate surface area is 138 Å². The SMILES string of the molecule is CC[C@@H]1c2ccsc2CCN1C(=O)c1ccc(C(=O)O)c(C)n1. The summed E-state index contributed by atoms with van der Waals surface area (Å²) in [6, 6.07) is 5.13. The van der Waals surface area contributed by atoms with Gasteiger partial charge >= 0.3 is 5.97 Å². The minimum absolute atomic E-state index is 0.0683. The maximum atomic E-state index is 12.9. The number of aromatic carboxylic acids is 1. The third kappa shape index (κ3) is 2.74. The summed E-state index contributed by atoms with van der Waals surface area (Å²) in [5.41, 5.74) is 2.04. The maximum Gasteiger partial charge on any atom is 0.337 e. The lowest BCUT2D eigenvalue weighted by molar-refractivity contribution is 0.0646. The van der Waals surface area contributed by atoms with E-state index in [-0.39, 0.29) is 17.5 Å². The molecule has 1 N–H and O–H groups in total. The van der Waals surface area contributed by atoms with Crippen LogP contribution in [0, 0.1) is 6.92 Å². The number of hydrogen-bond donors (Lipinski definition) is 1. The van der Waals surface area contributed by atoms with Crippen LogP contribution in [0.5, 0.6) is 0 Å². The van der Waals surface area contributed by atoms with Gasteiger partial charge in [-0.05, 0) is 48.9 Å². The van der Waals surface area contributed by atoms with E-state index < -0.39 is 5.97 Å². The van der Waals surface area contributed by atoms with E-state index in [0.717, 1.165) is 12.8 Å². The molecule has 0 saturated heterocycles. The average molecular weight is 330 g/mol. The number of carbonyl (C=O) groups is 2. The predicted octanol–water partition coefficient (Wildman–Crippen LogP) is 3.30. The Morgan fingerprint density at radius 1 is 1.39 bits per heavy atom. The first-order chi connectivity index (χ1) is 11.0. The predicted molar refractivity (Wildman–Crippen MR) is 88.0 cm³/mol. The number of carboxylic acids is 1. The minimum atomic E-state index is -1.03. The van der Waals surface area contributed by atoms with Crippen LogP contribution in [-0.2, 0) is 6.42 Å². The van der Waals surface area contributed by atoms with Crippen LogP contribution in [-0.4, -0.2) is 33.4 Å². The van der Waals surface area contributed by atoms with Gasteiger partial charge in [-0.25, -0.2) is 9.78 Å². The molecule has 0 aromatic carbocycles. The molecule has 2 aromatic heterocycles. The highest BCUT2D eigenvalue weighted by Gasteiger charge is 2.31. The van der Waals surface area contributed by atoms with Crippen molar-refractivity contribution in [3.05, 3.63) is 51.0 Å². The van der Waals surface area contributed by atoms with E-state index in [2.05, 4.69) is 23.4 Å². The van der Waals surface area contributed by atoms with Gasteiger partial charge in [-0.15, -0.1) is 11.3 Å². The molecule has 3 heterocycles. The van der Waals surface area contributed by atoms with Gasteiger partial charge in [0, 0.05) is 11.4 Å². The number of aryl methyl sites for hydroxylation is 1. The Bertz CT molecular complexity index is 769. The third-order valence-electron chi connectivity index (χ3n) is 4.28. The molecule has 0 saturated carbocycles. The third-order valence-corrected chi connectivity index (χ3v) is 5.27. The number of carboxylic acid groups (broad SMARTS) is 1. The molecule has 0 aliphatic carbocycles. The summed E-state index contributed by atoms with van der Waals surface area (Å²) >= 11 is 1.74. The highest BCUT2D eigenvalue weighted by molar-refractivity contribution is 7.10. The van der Waals surface area contributed by atoms with Gasteiger partial charge < -0.3 is 10.0 Å². The fraction of sp³-hybridized carbons (Fsp3) is 0.353. The largest absolute Gasteiger partial charge is 0.478 e. The number of pyridine rings is 1. The molecule has 1 aliphatic rings. The lowest BCUT2D eigenvalue weighted by Crippen LogP contribution is -2.39. The molecule has 0 unspecified atom stereocenters. The average Bonchev–Trinajstić information content (AvgIpc) is 3.01. The van der Waals surface area contributed by atoms with Crippen molar-refractivity contribution < 1.29 is 14.7 Å². The van der Waals surface area contributed by atoms with Gasteiger partial charge in [0.05, 0.1) is 17.3 Å². The number of thiophene rings is 1. The first kappa shape index (κ1) is 15.7. The lowest BCUT2D eigenvalue weighted by Gasteiger charge is -2.35. The van der Waals surface area contributed by atoms with Crippen LogP contribution in [0.3, 0.4) is 0 Å². The number of nitrogens with zero attached hydrogens (tertiary/aromatic N) is 2. The summed E-state index contributed by atoms with van der Waals surface area (Å²) in [5, 5.41) is 11.2. The number of amides is 1. The molecule has 5 nitrogen and oxygen atoms in total. The maximum absolute atomic E-state index is 12.9. The summed E-state index contributed by atoms with van der Waals surface area (Å²) in [5.74, 6) is -1.16. The number of aromatic nitrogens is 1. The molecule has 6 heteroatoms. The van der Waals surface area contributed by atoms with Crippen LogP contribution in [0.15, 0.2) is 23.6 Å². The molecule has 23 heavy (non-hydrogen) atoms. The molecule has 0 radical (unpaired) electrons. The normalized spacial score (nSPS) is 17.0. The molecule has 1 atom stereocenters. The summed E-state index contributed by atoms with van der Waals surface area (Å²) in [4.78, 5) is 31.4. The Morgan fingerprint density at radius 3 is 2.83 bits per heavy atom. The van der Waals surface area contributed by atoms with E-state index in [1.54, 1.807) is 18.3 Å². The number of rotatable bonds is 3. The van der Waals surface area contributed by atoms with Gasteiger partial charge in [0.2, 0.25) is 0 Å². The van der Waals surface area contributed by atoms with Crippen molar-refractivity contribution in [1.82, 2.24) is 9.88 Å². The zero-order valence-electron chi connectivity index (χ0n) is 13.1. The van der Waals surface area contributed by atoms with Gasteiger partial charge in [-0.2, -0.15) is 0 Å². The molecule has 0 fully saturated rings. The quantitative estimate of drug-likeness (QED) is 0.937. The standard InChI is InChI=1S/C17H18N2O3S/c1-3-14-12-7-9-23-15(12)6-8-19(14)16(20)13-5-4-11(17(21)22)10(2)18-13/h4-5,7,9,14H,3,6,8H2,1-2H3,(H,21,22)/t14-/m1/s1. The molecule has 1 aliphatic heterocycles. The van der Waals surface area contributed by atoms with E-state index in [0.29, 0.717) is 17.9 Å². The second kappa shape index (κ2) is 6.12. The van der Waals surface area contributed by atoms with E-state index in [4.69, 9.17) is 5.11 Å². The van der Waals surface area contributed by atoms with Gasteiger partial charge in [-0.1, -0.05) is 6.92 Å². The van der Waals surface area contributed by atoms with Crippen molar-refractivity contribution in [3.8, 4) is 0 Å². The van der Waals surface area contributed by atoms with Crippen molar-refractivity contribution in [3.63, 3.8) is 0 Å². The summed E-state index contributed by atoms with van der Waals surface area (Å²) < 4.78 is 0.